The molecule has 0 atom stereocenters. The Morgan fingerprint density at radius 1 is 0.795 bits per heavy atom. The molecular weight excluding hydrogens is 585 g/mol. The van der Waals surface area contributed by atoms with Gasteiger partial charge in [0.05, 0.1) is 29.0 Å². The molecule has 4 rings (SSSR count). The summed E-state index contributed by atoms with van der Waals surface area (Å²) >= 11 is 2.54. The van der Waals surface area contributed by atoms with Crippen molar-refractivity contribution in [3.8, 4) is 0 Å². The third kappa shape index (κ3) is 9.95. The molecule has 2 aromatic rings. The molecule has 16 heteroatoms. The minimum atomic E-state index is -4.11. The van der Waals surface area contributed by atoms with Gasteiger partial charge in [-0.25, -0.2) is 19.6 Å². The molecule has 0 bridgehead atoms. The Labute approximate surface area is 251 Å². The summed E-state index contributed by atoms with van der Waals surface area (Å²) in [7, 11) is 1.27. The molecule has 0 aliphatic heterocycles. The second kappa shape index (κ2) is 15.1. The molecule has 2 saturated carbocycles. The van der Waals surface area contributed by atoms with Crippen molar-refractivity contribution in [2.75, 3.05) is 7.11 Å². The van der Waals surface area contributed by atoms with E-state index in [1.165, 1.54) is 35.2 Å². The van der Waals surface area contributed by atoms with Gasteiger partial charge in [-0.15, -0.1) is 22.7 Å². The number of aromatic nitrogens is 2. The number of thiazole rings is 2. The van der Waals surface area contributed by atoms with Gasteiger partial charge in [0.15, 0.2) is 11.4 Å². The average Bonchev–Trinajstić information content (AvgIpc) is 3.54. The maximum atomic E-state index is 12.6. The number of ether oxygens (including phenoxy) is 1. The number of hydrogen-bond donors (Lipinski definition) is 1. The van der Waals surface area contributed by atoms with E-state index < -0.39 is 36.1 Å². The number of carboxylic acid groups (broad SMARTS) is 1. The summed E-state index contributed by atoms with van der Waals surface area (Å²) in [5.41, 5.74) is 0.216. The summed E-state index contributed by atoms with van der Waals surface area (Å²) in [6.07, 6.45) is -5.91. The van der Waals surface area contributed by atoms with Gasteiger partial charge in [0.1, 0.15) is 0 Å². The Hall–Kier alpha value is -1.26. The quantitative estimate of drug-likeness (QED) is 0.311. The molecule has 2 fully saturated rings. The molecular formula is C23H27F6N2NaO5S2. The minimum Gasteiger partial charge on any atom is -0.870 e. The molecule has 0 aromatic carbocycles. The topological polar surface area (TPSA) is 119 Å². The van der Waals surface area contributed by atoms with Crippen LogP contribution >= 0.6 is 22.7 Å². The summed E-state index contributed by atoms with van der Waals surface area (Å²) in [5, 5.41) is 13.2. The Morgan fingerprint density at radius 3 is 1.46 bits per heavy atom. The number of hydrogen-bond acceptors (Lipinski definition) is 8. The zero-order valence-corrected chi connectivity index (χ0v) is 24.9. The van der Waals surface area contributed by atoms with Crippen LogP contribution in [-0.2, 0) is 4.74 Å². The van der Waals surface area contributed by atoms with E-state index in [-0.39, 0.29) is 83.9 Å². The van der Waals surface area contributed by atoms with E-state index in [1.54, 1.807) is 5.38 Å². The SMILES string of the molecule is COC(=O)c1csc(C2CCC(C(F)(F)F)CC2)n1.O=C(O)c1csc(C2CCC(C(F)(F)F)CC2)n1.[Na+].[OH-]. The van der Waals surface area contributed by atoms with Crippen molar-refractivity contribution < 1.29 is 80.8 Å². The van der Waals surface area contributed by atoms with Crippen LogP contribution in [0, 0.1) is 11.8 Å². The predicted octanol–water partition coefficient (Wildman–Crippen LogP) is 4.27. The van der Waals surface area contributed by atoms with Crippen molar-refractivity contribution in [3.05, 3.63) is 32.2 Å². The molecule has 2 aliphatic carbocycles. The molecule has 0 spiro atoms. The second-order valence-corrected chi connectivity index (χ2v) is 10.9. The summed E-state index contributed by atoms with van der Waals surface area (Å²) in [5.74, 6) is -4.01. The minimum absolute atomic E-state index is 0. The van der Waals surface area contributed by atoms with E-state index in [4.69, 9.17) is 5.11 Å². The first-order valence-electron chi connectivity index (χ1n) is 11.7. The first kappa shape index (κ1) is 35.8. The zero-order valence-electron chi connectivity index (χ0n) is 21.2. The van der Waals surface area contributed by atoms with Gasteiger partial charge in [-0.3, -0.25) is 0 Å². The number of alkyl halides is 6. The van der Waals surface area contributed by atoms with Gasteiger partial charge in [-0.2, -0.15) is 26.3 Å². The number of halogens is 6. The Morgan fingerprint density at radius 2 is 1.15 bits per heavy atom. The average molecular weight is 613 g/mol. The second-order valence-electron chi connectivity index (χ2n) is 9.12. The summed E-state index contributed by atoms with van der Waals surface area (Å²) < 4.78 is 79.7. The molecule has 2 heterocycles. The fraction of sp³-hybridized carbons (Fsp3) is 0.652. The van der Waals surface area contributed by atoms with Crippen LogP contribution in [0.4, 0.5) is 26.3 Å². The van der Waals surface area contributed by atoms with Gasteiger partial charge in [-0.05, 0) is 51.4 Å². The first-order valence-corrected chi connectivity index (χ1v) is 13.4. The normalized spacial score (nSPS) is 23.4. The fourth-order valence-electron chi connectivity index (χ4n) is 4.58. The van der Waals surface area contributed by atoms with Crippen molar-refractivity contribution in [3.63, 3.8) is 0 Å². The van der Waals surface area contributed by atoms with Gasteiger partial charge < -0.3 is 15.3 Å². The molecule has 7 nitrogen and oxygen atoms in total. The monoisotopic (exact) mass is 612 g/mol. The smallest absolute Gasteiger partial charge is 0.870 e. The standard InChI is InChI=1S/C12H14F3NO2S.C11H12F3NO2S.Na.H2O/c1-18-11(17)9-6-19-10(16-9)7-2-4-8(5-3-7)12(13,14)15;12-11(13,14)7-3-1-6(2-4-7)9-15-8(5-18-9)10(16)17;;/h6-8H,2-5H2,1H3;5-7H,1-4H2,(H,16,17);;1H2/q;;+1;/p-1. The van der Waals surface area contributed by atoms with Crippen LogP contribution in [0.3, 0.4) is 0 Å². The van der Waals surface area contributed by atoms with Crippen LogP contribution < -0.4 is 29.6 Å². The Bertz CT molecular complexity index is 1060. The van der Waals surface area contributed by atoms with Gasteiger partial charge in [0.25, 0.3) is 0 Å². The molecule has 0 unspecified atom stereocenters. The van der Waals surface area contributed by atoms with E-state index in [0.29, 0.717) is 30.7 Å². The van der Waals surface area contributed by atoms with Crippen LogP contribution in [0.15, 0.2) is 10.8 Å². The molecule has 0 saturated heterocycles. The number of aromatic carboxylic acids is 1. The molecule has 2 N–H and O–H groups in total. The number of methoxy groups -OCH3 is 1. The largest absolute Gasteiger partial charge is 1.00 e. The predicted molar refractivity (Wildman–Crippen MR) is 126 cm³/mol. The van der Waals surface area contributed by atoms with Crippen LogP contribution in [0.25, 0.3) is 0 Å². The molecule has 39 heavy (non-hydrogen) atoms. The van der Waals surface area contributed by atoms with Gasteiger partial charge >= 0.3 is 53.8 Å². The number of carboxylic acids is 1. The van der Waals surface area contributed by atoms with Crippen molar-refractivity contribution in [1.82, 2.24) is 9.97 Å². The van der Waals surface area contributed by atoms with E-state index in [0.717, 1.165) is 5.01 Å². The van der Waals surface area contributed by atoms with Crippen molar-refractivity contribution in [2.45, 2.75) is 75.6 Å². The van der Waals surface area contributed by atoms with Gasteiger partial charge in [0.2, 0.25) is 0 Å². The summed E-state index contributed by atoms with van der Waals surface area (Å²) in [6, 6.07) is 0. The van der Waals surface area contributed by atoms with Crippen molar-refractivity contribution in [2.24, 2.45) is 11.8 Å². The fourth-order valence-corrected chi connectivity index (χ4v) is 6.51. The number of carbonyl (C=O) groups is 2. The maximum absolute atomic E-state index is 12.6. The van der Waals surface area contributed by atoms with E-state index in [9.17, 15) is 35.9 Å². The summed E-state index contributed by atoms with van der Waals surface area (Å²) in [4.78, 5) is 30.1. The third-order valence-corrected chi connectivity index (χ3v) is 8.75. The molecule has 214 valence electrons. The van der Waals surface area contributed by atoms with Gasteiger partial charge in [-0.1, -0.05) is 0 Å². The van der Waals surface area contributed by atoms with Gasteiger partial charge in [0, 0.05) is 22.6 Å². The first-order chi connectivity index (χ1) is 17.3. The van der Waals surface area contributed by atoms with E-state index >= 15 is 0 Å². The van der Waals surface area contributed by atoms with E-state index in [1.807, 2.05) is 0 Å². The number of esters is 1. The van der Waals surface area contributed by atoms with Crippen molar-refractivity contribution >= 4 is 34.6 Å². The van der Waals surface area contributed by atoms with Crippen LogP contribution in [0.5, 0.6) is 0 Å². The molecule has 0 radical (unpaired) electrons. The van der Waals surface area contributed by atoms with Crippen LogP contribution in [-0.4, -0.2) is 52.0 Å². The van der Waals surface area contributed by atoms with E-state index in [2.05, 4.69) is 14.7 Å². The number of carbonyl (C=O) groups excluding carboxylic acids is 1. The zero-order chi connectivity index (χ0) is 27.4. The molecule has 2 aromatic heterocycles. The maximum Gasteiger partial charge on any atom is 1.00 e. The van der Waals surface area contributed by atoms with Crippen molar-refractivity contribution in [1.29, 1.82) is 0 Å². The Balaban J connectivity index is 0.000000371. The van der Waals surface area contributed by atoms with Crippen LogP contribution in [0.2, 0.25) is 0 Å². The van der Waals surface area contributed by atoms with Crippen LogP contribution in [0.1, 0.15) is 94.2 Å². The molecule has 2 aliphatic rings. The number of rotatable bonds is 4. The summed E-state index contributed by atoms with van der Waals surface area (Å²) in [6.45, 7) is 0. The Kier molecular flexibility index (Phi) is 13.9. The molecule has 0 amide bonds. The number of nitrogens with zero attached hydrogens (tertiary/aromatic N) is 2. The third-order valence-electron chi connectivity index (χ3n) is 6.74.